The smallest absolute Gasteiger partial charge is 0.306 e. The second-order valence-electron chi connectivity index (χ2n) is 5.82. The maximum absolute atomic E-state index is 11.1. The number of hydrogen-bond acceptors (Lipinski definition) is 3. The van der Waals surface area contributed by atoms with Gasteiger partial charge in [-0.3, -0.25) is 4.79 Å². The highest BCUT2D eigenvalue weighted by Gasteiger charge is 2.47. The van der Waals surface area contributed by atoms with E-state index in [0.29, 0.717) is 12.0 Å². The number of allylic oxidation sites excluding steroid dienone is 1. The minimum atomic E-state index is -0.903. The van der Waals surface area contributed by atoms with E-state index in [1.807, 2.05) is 6.92 Å². The van der Waals surface area contributed by atoms with Crippen molar-refractivity contribution in [3.8, 4) is 0 Å². The third kappa shape index (κ3) is 2.90. The van der Waals surface area contributed by atoms with E-state index in [1.165, 1.54) is 0 Å². The highest BCUT2D eigenvalue weighted by Crippen LogP contribution is 2.49. The van der Waals surface area contributed by atoms with Crippen LogP contribution in [0.4, 0.5) is 0 Å². The Kier molecular flexibility index (Phi) is 4.93. The first-order valence-corrected chi connectivity index (χ1v) is 6.61. The van der Waals surface area contributed by atoms with Gasteiger partial charge in [0.25, 0.3) is 0 Å². The van der Waals surface area contributed by atoms with Crippen molar-refractivity contribution >= 4 is 5.97 Å². The van der Waals surface area contributed by atoms with Crippen molar-refractivity contribution in [2.45, 2.75) is 32.8 Å². The lowest BCUT2D eigenvalue weighted by atomic mass is 9.58. The van der Waals surface area contributed by atoms with Crippen molar-refractivity contribution in [1.29, 1.82) is 0 Å². The van der Waals surface area contributed by atoms with Crippen molar-refractivity contribution in [2.75, 3.05) is 6.61 Å². The standard InChI is InChI=1S/C15H24O4/c1-5-15(4)7-6-11(10(3)14(18)19)13(17)12(15)9(2)8-16/h5,10-13,16-17H,1-2,6-8H2,3-4H3,(H,18,19)/t10-,11-,12+,13-,15+/m0/s1. The zero-order valence-corrected chi connectivity index (χ0v) is 11.7. The summed E-state index contributed by atoms with van der Waals surface area (Å²) in [4.78, 5) is 11.1. The minimum absolute atomic E-state index is 0.209. The fourth-order valence-electron chi connectivity index (χ4n) is 3.21. The Morgan fingerprint density at radius 3 is 2.58 bits per heavy atom. The Bertz CT molecular complexity index is 376. The summed E-state index contributed by atoms with van der Waals surface area (Å²) < 4.78 is 0. The van der Waals surface area contributed by atoms with Gasteiger partial charge < -0.3 is 15.3 Å². The van der Waals surface area contributed by atoms with Crippen LogP contribution >= 0.6 is 0 Å². The van der Waals surface area contributed by atoms with Crippen molar-refractivity contribution in [3.05, 3.63) is 24.8 Å². The number of aliphatic hydroxyl groups is 2. The Balaban J connectivity index is 3.07. The third-order valence-corrected chi connectivity index (χ3v) is 4.65. The molecule has 0 bridgehead atoms. The van der Waals surface area contributed by atoms with Crippen LogP contribution in [0.1, 0.15) is 26.7 Å². The van der Waals surface area contributed by atoms with E-state index in [0.717, 1.165) is 6.42 Å². The maximum Gasteiger partial charge on any atom is 0.306 e. The van der Waals surface area contributed by atoms with Crippen LogP contribution in [-0.2, 0) is 4.79 Å². The SMILES string of the molecule is C=C[C@]1(C)CC[C@@H]([C@H](C)C(=O)O)[C@H](O)[C@H]1C(=C)CO. The number of aliphatic carboxylic acids is 1. The predicted molar refractivity (Wildman–Crippen MR) is 73.6 cm³/mol. The summed E-state index contributed by atoms with van der Waals surface area (Å²) in [6.45, 7) is 11.0. The van der Waals surface area contributed by atoms with Gasteiger partial charge in [-0.15, -0.1) is 6.58 Å². The number of carboxylic acid groups (broad SMARTS) is 1. The fourth-order valence-corrected chi connectivity index (χ4v) is 3.21. The van der Waals surface area contributed by atoms with Crippen LogP contribution in [0.25, 0.3) is 0 Å². The molecule has 1 saturated carbocycles. The lowest BCUT2D eigenvalue weighted by Crippen LogP contribution is -2.48. The van der Waals surface area contributed by atoms with Gasteiger partial charge in [0.2, 0.25) is 0 Å². The molecule has 108 valence electrons. The van der Waals surface area contributed by atoms with E-state index in [1.54, 1.807) is 13.0 Å². The molecule has 4 nitrogen and oxygen atoms in total. The summed E-state index contributed by atoms with van der Waals surface area (Å²) >= 11 is 0. The number of aliphatic hydroxyl groups excluding tert-OH is 2. The molecule has 0 spiro atoms. The second-order valence-corrected chi connectivity index (χ2v) is 5.82. The van der Waals surface area contributed by atoms with E-state index in [4.69, 9.17) is 5.11 Å². The molecule has 0 unspecified atom stereocenters. The Hall–Kier alpha value is -1.13. The van der Waals surface area contributed by atoms with Gasteiger partial charge in [-0.25, -0.2) is 0 Å². The van der Waals surface area contributed by atoms with Gasteiger partial charge in [-0.1, -0.05) is 26.5 Å². The molecule has 0 aromatic rings. The normalized spacial score (nSPS) is 36.5. The lowest BCUT2D eigenvalue weighted by Gasteiger charge is -2.48. The second kappa shape index (κ2) is 5.88. The van der Waals surface area contributed by atoms with Crippen molar-refractivity contribution in [3.63, 3.8) is 0 Å². The zero-order valence-electron chi connectivity index (χ0n) is 11.7. The zero-order chi connectivity index (χ0) is 14.8. The molecule has 1 rings (SSSR count). The largest absolute Gasteiger partial charge is 0.481 e. The summed E-state index contributed by atoms with van der Waals surface area (Å²) in [5.41, 5.74) is 0.186. The molecule has 19 heavy (non-hydrogen) atoms. The number of rotatable bonds is 5. The molecule has 4 heteroatoms. The van der Waals surface area contributed by atoms with Crippen molar-refractivity contribution < 1.29 is 20.1 Å². The summed E-state index contributed by atoms with van der Waals surface area (Å²) in [5, 5.41) is 29.0. The molecular formula is C15H24O4. The topological polar surface area (TPSA) is 77.8 Å². The highest BCUT2D eigenvalue weighted by molar-refractivity contribution is 5.70. The van der Waals surface area contributed by atoms with Crippen LogP contribution in [0, 0.1) is 23.2 Å². The third-order valence-electron chi connectivity index (χ3n) is 4.65. The molecule has 0 radical (unpaired) electrons. The van der Waals surface area contributed by atoms with Crippen LogP contribution in [0.2, 0.25) is 0 Å². The van der Waals surface area contributed by atoms with Gasteiger partial charge in [-0.05, 0) is 29.7 Å². The average Bonchev–Trinajstić information content (AvgIpc) is 2.37. The van der Waals surface area contributed by atoms with Gasteiger partial charge in [0.05, 0.1) is 18.6 Å². The van der Waals surface area contributed by atoms with Crippen LogP contribution in [0.5, 0.6) is 0 Å². The van der Waals surface area contributed by atoms with Crippen LogP contribution < -0.4 is 0 Å². The number of carboxylic acids is 1. The van der Waals surface area contributed by atoms with Crippen LogP contribution in [-0.4, -0.2) is 34.0 Å². The first-order valence-electron chi connectivity index (χ1n) is 6.61. The van der Waals surface area contributed by atoms with Crippen LogP contribution in [0.15, 0.2) is 24.8 Å². The van der Waals surface area contributed by atoms with Gasteiger partial charge >= 0.3 is 5.97 Å². The molecule has 0 amide bonds. The van der Waals surface area contributed by atoms with E-state index < -0.39 is 18.0 Å². The molecule has 3 N–H and O–H groups in total. The molecule has 0 heterocycles. The molecule has 0 saturated heterocycles. The van der Waals surface area contributed by atoms with E-state index >= 15 is 0 Å². The van der Waals surface area contributed by atoms with E-state index in [9.17, 15) is 15.0 Å². The lowest BCUT2D eigenvalue weighted by molar-refractivity contribution is -0.147. The van der Waals surface area contributed by atoms with E-state index in [-0.39, 0.29) is 23.9 Å². The average molecular weight is 268 g/mol. The summed E-state index contributed by atoms with van der Waals surface area (Å²) in [6, 6.07) is 0. The number of hydrogen-bond donors (Lipinski definition) is 3. The fraction of sp³-hybridized carbons (Fsp3) is 0.667. The molecular weight excluding hydrogens is 244 g/mol. The summed E-state index contributed by atoms with van der Waals surface area (Å²) in [5.74, 6) is -2.19. The Morgan fingerprint density at radius 1 is 1.58 bits per heavy atom. The van der Waals surface area contributed by atoms with Crippen LogP contribution in [0.3, 0.4) is 0 Å². The van der Waals surface area contributed by atoms with Gasteiger partial charge in [0.15, 0.2) is 0 Å². The van der Waals surface area contributed by atoms with Gasteiger partial charge in [-0.2, -0.15) is 0 Å². The molecule has 1 aliphatic carbocycles. The molecule has 0 aliphatic heterocycles. The van der Waals surface area contributed by atoms with Crippen molar-refractivity contribution in [2.24, 2.45) is 23.2 Å². The highest BCUT2D eigenvalue weighted by atomic mass is 16.4. The predicted octanol–water partition coefficient (Wildman–Crippen LogP) is 1.83. The van der Waals surface area contributed by atoms with Crippen molar-refractivity contribution in [1.82, 2.24) is 0 Å². The molecule has 5 atom stereocenters. The van der Waals surface area contributed by atoms with Gasteiger partial charge in [0, 0.05) is 5.92 Å². The number of carbonyl (C=O) groups is 1. The Labute approximate surface area is 114 Å². The summed E-state index contributed by atoms with van der Waals surface area (Å²) in [6.07, 6.45) is 2.33. The molecule has 1 aliphatic rings. The van der Waals surface area contributed by atoms with E-state index in [2.05, 4.69) is 13.2 Å². The monoisotopic (exact) mass is 268 g/mol. The first-order chi connectivity index (χ1) is 8.78. The van der Waals surface area contributed by atoms with Gasteiger partial charge in [0.1, 0.15) is 0 Å². The molecule has 1 fully saturated rings. The first kappa shape index (κ1) is 15.9. The molecule has 0 aromatic carbocycles. The Morgan fingerprint density at radius 2 is 2.16 bits per heavy atom. The quantitative estimate of drug-likeness (QED) is 0.665. The summed E-state index contributed by atoms with van der Waals surface area (Å²) in [7, 11) is 0. The maximum atomic E-state index is 11.1. The molecule has 0 aromatic heterocycles. The minimum Gasteiger partial charge on any atom is -0.481 e.